The number of amides is 2. The van der Waals surface area contributed by atoms with Gasteiger partial charge in [0, 0.05) is 25.0 Å². The minimum absolute atomic E-state index is 0.0493. The summed E-state index contributed by atoms with van der Waals surface area (Å²) in [5, 5.41) is 3.28. The van der Waals surface area contributed by atoms with Crippen molar-refractivity contribution in [2.24, 2.45) is 0 Å². The molecule has 0 bridgehead atoms. The Labute approximate surface area is 171 Å². The predicted octanol–water partition coefficient (Wildman–Crippen LogP) is 3.70. The Hall–Kier alpha value is -2.53. The SMILES string of the molecule is CNC(=O)[C@H](C)N(CCc1ccccc1)C(=O)CCCOc1ccc(Cl)cc1. The van der Waals surface area contributed by atoms with Crippen LogP contribution in [0.3, 0.4) is 0 Å². The molecule has 0 heterocycles. The molecule has 2 amide bonds. The monoisotopic (exact) mass is 402 g/mol. The number of ether oxygens (including phenoxy) is 1. The third kappa shape index (κ3) is 6.89. The van der Waals surface area contributed by atoms with Crippen LogP contribution in [0.2, 0.25) is 5.02 Å². The molecule has 0 unspecified atom stereocenters. The third-order valence-electron chi connectivity index (χ3n) is 4.52. The predicted molar refractivity (Wildman–Crippen MR) is 112 cm³/mol. The lowest BCUT2D eigenvalue weighted by atomic mass is 10.1. The van der Waals surface area contributed by atoms with E-state index in [1.54, 1.807) is 43.1 Å². The van der Waals surface area contributed by atoms with E-state index < -0.39 is 6.04 Å². The zero-order chi connectivity index (χ0) is 20.4. The molecule has 0 radical (unpaired) electrons. The number of nitrogens with zero attached hydrogens (tertiary/aromatic N) is 1. The van der Waals surface area contributed by atoms with E-state index in [-0.39, 0.29) is 11.8 Å². The fourth-order valence-electron chi connectivity index (χ4n) is 2.87. The number of carbonyl (C=O) groups is 2. The highest BCUT2D eigenvalue weighted by atomic mass is 35.5. The standard InChI is InChI=1S/C22H27ClN2O3/c1-17(22(27)24-2)25(15-14-18-7-4-3-5-8-18)21(26)9-6-16-28-20-12-10-19(23)11-13-20/h3-5,7-8,10-13,17H,6,9,14-16H2,1-2H3,(H,24,27)/t17-/m0/s1. The minimum Gasteiger partial charge on any atom is -0.494 e. The summed E-state index contributed by atoms with van der Waals surface area (Å²) in [5.74, 6) is 0.502. The Morgan fingerprint density at radius 2 is 1.79 bits per heavy atom. The van der Waals surface area contributed by atoms with Gasteiger partial charge in [-0.15, -0.1) is 0 Å². The Bertz CT molecular complexity index is 750. The second-order valence-electron chi connectivity index (χ2n) is 6.52. The molecule has 6 heteroatoms. The highest BCUT2D eigenvalue weighted by Crippen LogP contribution is 2.16. The van der Waals surface area contributed by atoms with Gasteiger partial charge in [-0.1, -0.05) is 41.9 Å². The van der Waals surface area contributed by atoms with E-state index in [4.69, 9.17) is 16.3 Å². The smallest absolute Gasteiger partial charge is 0.242 e. The van der Waals surface area contributed by atoms with E-state index in [9.17, 15) is 9.59 Å². The maximum atomic E-state index is 12.8. The van der Waals surface area contributed by atoms with Crippen LogP contribution in [-0.2, 0) is 16.0 Å². The number of benzene rings is 2. The lowest BCUT2D eigenvalue weighted by Crippen LogP contribution is -2.48. The summed E-state index contributed by atoms with van der Waals surface area (Å²) in [6.07, 6.45) is 1.60. The van der Waals surface area contributed by atoms with Crippen molar-refractivity contribution in [1.29, 1.82) is 0 Å². The van der Waals surface area contributed by atoms with Crippen LogP contribution >= 0.6 is 11.6 Å². The summed E-state index contributed by atoms with van der Waals surface area (Å²) >= 11 is 5.85. The van der Waals surface area contributed by atoms with Crippen molar-refractivity contribution in [2.45, 2.75) is 32.2 Å². The summed E-state index contributed by atoms with van der Waals surface area (Å²) < 4.78 is 5.64. The topological polar surface area (TPSA) is 58.6 Å². The minimum atomic E-state index is -0.515. The van der Waals surface area contributed by atoms with Crippen LogP contribution in [0.1, 0.15) is 25.3 Å². The fraction of sp³-hybridized carbons (Fsp3) is 0.364. The Kier molecular flexibility index (Phi) is 8.82. The second-order valence-corrected chi connectivity index (χ2v) is 6.96. The molecule has 0 aliphatic carbocycles. The van der Waals surface area contributed by atoms with Crippen molar-refractivity contribution in [3.8, 4) is 5.75 Å². The van der Waals surface area contributed by atoms with Crippen molar-refractivity contribution < 1.29 is 14.3 Å². The molecule has 150 valence electrons. The van der Waals surface area contributed by atoms with Crippen LogP contribution in [-0.4, -0.2) is 43.0 Å². The van der Waals surface area contributed by atoms with E-state index in [0.29, 0.717) is 37.4 Å². The highest BCUT2D eigenvalue weighted by Gasteiger charge is 2.24. The Morgan fingerprint density at radius 1 is 1.11 bits per heavy atom. The van der Waals surface area contributed by atoms with Gasteiger partial charge < -0.3 is 15.0 Å². The van der Waals surface area contributed by atoms with Crippen molar-refractivity contribution in [1.82, 2.24) is 10.2 Å². The number of likely N-dealkylation sites (N-methyl/N-ethyl adjacent to an activating group) is 1. The van der Waals surface area contributed by atoms with E-state index in [1.165, 1.54) is 0 Å². The molecule has 2 aromatic rings. The molecule has 0 aromatic heterocycles. The Morgan fingerprint density at radius 3 is 2.43 bits per heavy atom. The molecule has 0 spiro atoms. The zero-order valence-corrected chi connectivity index (χ0v) is 17.1. The quantitative estimate of drug-likeness (QED) is 0.616. The van der Waals surface area contributed by atoms with Crippen LogP contribution in [0.25, 0.3) is 0 Å². The molecule has 0 saturated heterocycles. The normalized spacial score (nSPS) is 11.5. The van der Waals surface area contributed by atoms with Gasteiger partial charge >= 0.3 is 0 Å². The van der Waals surface area contributed by atoms with Crippen molar-refractivity contribution in [2.75, 3.05) is 20.2 Å². The molecule has 1 N–H and O–H groups in total. The number of hydrogen-bond donors (Lipinski definition) is 1. The van der Waals surface area contributed by atoms with Gasteiger partial charge in [-0.25, -0.2) is 0 Å². The first-order chi connectivity index (χ1) is 13.5. The molecule has 0 saturated carbocycles. The van der Waals surface area contributed by atoms with Crippen molar-refractivity contribution >= 4 is 23.4 Å². The average Bonchev–Trinajstić information content (AvgIpc) is 2.72. The summed E-state index contributed by atoms with van der Waals surface area (Å²) in [7, 11) is 1.58. The van der Waals surface area contributed by atoms with Gasteiger partial charge in [0.2, 0.25) is 11.8 Å². The number of rotatable bonds is 10. The molecular weight excluding hydrogens is 376 g/mol. The zero-order valence-electron chi connectivity index (χ0n) is 16.4. The molecule has 5 nitrogen and oxygen atoms in total. The lowest BCUT2D eigenvalue weighted by Gasteiger charge is -2.28. The van der Waals surface area contributed by atoms with Crippen molar-refractivity contribution in [3.05, 3.63) is 65.2 Å². The first-order valence-corrected chi connectivity index (χ1v) is 9.82. The van der Waals surface area contributed by atoms with E-state index in [1.807, 2.05) is 30.3 Å². The second kappa shape index (κ2) is 11.3. The van der Waals surface area contributed by atoms with E-state index in [2.05, 4.69) is 5.32 Å². The molecule has 28 heavy (non-hydrogen) atoms. The van der Waals surface area contributed by atoms with E-state index >= 15 is 0 Å². The Balaban J connectivity index is 1.88. The maximum absolute atomic E-state index is 12.8. The molecule has 0 aliphatic rings. The summed E-state index contributed by atoms with van der Waals surface area (Å²) in [6.45, 7) is 2.68. The number of carbonyl (C=O) groups excluding carboxylic acids is 2. The summed E-state index contributed by atoms with van der Waals surface area (Å²) in [4.78, 5) is 26.5. The largest absolute Gasteiger partial charge is 0.494 e. The maximum Gasteiger partial charge on any atom is 0.242 e. The van der Waals surface area contributed by atoms with Gasteiger partial charge in [-0.05, 0) is 49.6 Å². The van der Waals surface area contributed by atoms with E-state index in [0.717, 1.165) is 11.3 Å². The van der Waals surface area contributed by atoms with Crippen molar-refractivity contribution in [3.63, 3.8) is 0 Å². The first-order valence-electron chi connectivity index (χ1n) is 9.44. The number of nitrogens with one attached hydrogen (secondary N) is 1. The molecule has 0 fully saturated rings. The first kappa shape index (κ1) is 21.8. The molecule has 1 atom stereocenters. The van der Waals surface area contributed by atoms with Crippen LogP contribution in [0, 0.1) is 0 Å². The summed E-state index contributed by atoms with van der Waals surface area (Å²) in [6, 6.07) is 16.5. The fourth-order valence-corrected chi connectivity index (χ4v) is 2.99. The average molecular weight is 403 g/mol. The molecule has 0 aliphatic heterocycles. The molecule has 2 aromatic carbocycles. The highest BCUT2D eigenvalue weighted by molar-refractivity contribution is 6.30. The number of halogens is 1. The van der Waals surface area contributed by atoms with Gasteiger partial charge in [-0.2, -0.15) is 0 Å². The lowest BCUT2D eigenvalue weighted by molar-refractivity contribution is -0.139. The van der Waals surface area contributed by atoms with Gasteiger partial charge in [0.15, 0.2) is 0 Å². The van der Waals surface area contributed by atoms with Gasteiger partial charge in [-0.3, -0.25) is 9.59 Å². The van der Waals surface area contributed by atoms with Gasteiger partial charge in [0.05, 0.1) is 6.61 Å². The van der Waals surface area contributed by atoms with Crippen LogP contribution < -0.4 is 10.1 Å². The van der Waals surface area contributed by atoms with Crippen LogP contribution in [0.15, 0.2) is 54.6 Å². The summed E-state index contributed by atoms with van der Waals surface area (Å²) in [5.41, 5.74) is 1.13. The van der Waals surface area contributed by atoms with Crippen LogP contribution in [0.4, 0.5) is 0 Å². The van der Waals surface area contributed by atoms with Gasteiger partial charge in [0.1, 0.15) is 11.8 Å². The third-order valence-corrected chi connectivity index (χ3v) is 4.77. The van der Waals surface area contributed by atoms with Gasteiger partial charge in [0.25, 0.3) is 0 Å². The van der Waals surface area contributed by atoms with Crippen LogP contribution in [0.5, 0.6) is 5.75 Å². The molecule has 2 rings (SSSR count). The number of hydrogen-bond acceptors (Lipinski definition) is 3. The molecular formula is C22H27ClN2O3.